The van der Waals surface area contributed by atoms with Crippen molar-refractivity contribution in [1.29, 1.82) is 0 Å². The molecule has 21 heavy (non-hydrogen) atoms. The SMILES string of the molecule is CCOC(=O)CNc1nc(N2CCCC2)c(Cl)c(N)c1Cl. The molecule has 1 aromatic rings. The van der Waals surface area contributed by atoms with Crippen LogP contribution in [0.15, 0.2) is 0 Å². The summed E-state index contributed by atoms with van der Waals surface area (Å²) >= 11 is 12.4. The molecule has 6 nitrogen and oxygen atoms in total. The van der Waals surface area contributed by atoms with Gasteiger partial charge in [0.2, 0.25) is 0 Å². The molecule has 1 fully saturated rings. The lowest BCUT2D eigenvalue weighted by Gasteiger charge is -2.21. The standard InChI is InChI=1S/C13H18Cl2N4O2/c1-2-21-8(20)7-17-12-9(14)11(16)10(15)13(18-12)19-5-3-4-6-19/h2-7H2,1H3,(H3,16,17,18). The average molecular weight is 333 g/mol. The minimum absolute atomic E-state index is 0.0267. The van der Waals surface area contributed by atoms with Crippen molar-refractivity contribution in [1.82, 2.24) is 4.98 Å². The maximum Gasteiger partial charge on any atom is 0.325 e. The highest BCUT2D eigenvalue weighted by Crippen LogP contribution is 2.39. The predicted octanol–water partition coefficient (Wildman–Crippen LogP) is 2.55. The first-order valence-electron chi connectivity index (χ1n) is 6.83. The molecule has 0 radical (unpaired) electrons. The van der Waals surface area contributed by atoms with E-state index in [2.05, 4.69) is 15.2 Å². The Morgan fingerprint density at radius 3 is 2.67 bits per heavy atom. The second-order valence-electron chi connectivity index (χ2n) is 4.68. The molecule has 0 spiro atoms. The van der Waals surface area contributed by atoms with Crippen LogP contribution in [0.2, 0.25) is 10.0 Å². The zero-order valence-electron chi connectivity index (χ0n) is 11.8. The number of nitrogens with one attached hydrogen (secondary N) is 1. The quantitative estimate of drug-likeness (QED) is 0.806. The third kappa shape index (κ3) is 3.63. The summed E-state index contributed by atoms with van der Waals surface area (Å²) in [5, 5.41) is 3.41. The number of esters is 1. The summed E-state index contributed by atoms with van der Waals surface area (Å²) in [6.07, 6.45) is 2.18. The van der Waals surface area contributed by atoms with Crippen molar-refractivity contribution in [2.45, 2.75) is 19.8 Å². The van der Waals surface area contributed by atoms with Gasteiger partial charge < -0.3 is 20.7 Å². The molecule has 0 bridgehead atoms. The minimum atomic E-state index is -0.383. The van der Waals surface area contributed by atoms with Crippen LogP contribution in [0.5, 0.6) is 0 Å². The summed E-state index contributed by atoms with van der Waals surface area (Å²) in [6, 6.07) is 0. The second kappa shape index (κ2) is 7.04. The molecule has 0 aliphatic carbocycles. The van der Waals surface area contributed by atoms with Crippen molar-refractivity contribution in [3.05, 3.63) is 10.0 Å². The first kappa shape index (κ1) is 16.0. The molecule has 1 saturated heterocycles. The number of carbonyl (C=O) groups is 1. The summed E-state index contributed by atoms with van der Waals surface area (Å²) in [4.78, 5) is 17.9. The number of nitrogens with zero attached hydrogens (tertiary/aromatic N) is 2. The molecule has 0 aromatic carbocycles. The van der Waals surface area contributed by atoms with Crippen LogP contribution >= 0.6 is 23.2 Å². The molecule has 0 atom stereocenters. The minimum Gasteiger partial charge on any atom is -0.465 e. The Balaban J connectivity index is 2.22. The Labute approximate surface area is 133 Å². The highest BCUT2D eigenvalue weighted by molar-refractivity contribution is 6.41. The van der Waals surface area contributed by atoms with Crippen molar-refractivity contribution in [2.75, 3.05) is 42.2 Å². The van der Waals surface area contributed by atoms with Crippen molar-refractivity contribution in [3.8, 4) is 0 Å². The van der Waals surface area contributed by atoms with Gasteiger partial charge in [-0.3, -0.25) is 4.79 Å². The highest BCUT2D eigenvalue weighted by Gasteiger charge is 2.22. The lowest BCUT2D eigenvalue weighted by Crippen LogP contribution is -2.22. The fourth-order valence-electron chi connectivity index (χ4n) is 2.17. The van der Waals surface area contributed by atoms with Gasteiger partial charge in [0.1, 0.15) is 22.4 Å². The third-order valence-electron chi connectivity index (χ3n) is 3.21. The number of nitrogens with two attached hydrogens (primary N) is 1. The van der Waals surface area contributed by atoms with Crippen molar-refractivity contribution in [3.63, 3.8) is 0 Å². The number of hydrogen-bond acceptors (Lipinski definition) is 6. The van der Waals surface area contributed by atoms with Crippen LogP contribution in [0.4, 0.5) is 17.3 Å². The van der Waals surface area contributed by atoms with Gasteiger partial charge in [0.25, 0.3) is 0 Å². The number of pyridine rings is 1. The van der Waals surface area contributed by atoms with Gasteiger partial charge in [0.15, 0.2) is 5.82 Å². The van der Waals surface area contributed by atoms with Gasteiger partial charge >= 0.3 is 5.97 Å². The molecule has 2 rings (SSSR count). The number of carbonyl (C=O) groups excluding carboxylic acids is 1. The van der Waals surface area contributed by atoms with Crippen molar-refractivity contribution < 1.29 is 9.53 Å². The molecule has 116 valence electrons. The van der Waals surface area contributed by atoms with Crippen LogP contribution in [0.3, 0.4) is 0 Å². The van der Waals surface area contributed by atoms with E-state index in [0.717, 1.165) is 25.9 Å². The molecule has 3 N–H and O–H groups in total. The molecule has 0 saturated carbocycles. The average Bonchev–Trinajstić information content (AvgIpc) is 2.98. The van der Waals surface area contributed by atoms with Gasteiger partial charge in [-0.2, -0.15) is 0 Å². The largest absolute Gasteiger partial charge is 0.465 e. The van der Waals surface area contributed by atoms with Gasteiger partial charge in [0, 0.05) is 13.1 Å². The lowest BCUT2D eigenvalue weighted by atomic mass is 10.3. The van der Waals surface area contributed by atoms with E-state index in [-0.39, 0.29) is 23.2 Å². The van der Waals surface area contributed by atoms with Gasteiger partial charge in [0.05, 0.1) is 12.3 Å². The molecule has 1 aliphatic rings. The number of halogens is 2. The number of rotatable bonds is 5. The zero-order chi connectivity index (χ0) is 15.4. The zero-order valence-corrected chi connectivity index (χ0v) is 13.3. The Morgan fingerprint density at radius 2 is 2.05 bits per heavy atom. The summed E-state index contributed by atoms with van der Waals surface area (Å²) < 4.78 is 4.85. The molecular formula is C13H18Cl2N4O2. The van der Waals surface area contributed by atoms with E-state index in [0.29, 0.717) is 23.3 Å². The highest BCUT2D eigenvalue weighted by atomic mass is 35.5. The van der Waals surface area contributed by atoms with E-state index < -0.39 is 0 Å². The summed E-state index contributed by atoms with van der Waals surface area (Å²) in [7, 11) is 0. The molecule has 0 unspecified atom stereocenters. The fraction of sp³-hybridized carbons (Fsp3) is 0.538. The van der Waals surface area contributed by atoms with Crippen molar-refractivity contribution >= 4 is 46.5 Å². The van der Waals surface area contributed by atoms with Crippen LogP contribution in [0.1, 0.15) is 19.8 Å². The van der Waals surface area contributed by atoms with Gasteiger partial charge in [-0.15, -0.1) is 0 Å². The van der Waals surface area contributed by atoms with Gasteiger partial charge in [-0.1, -0.05) is 23.2 Å². The Hall–Kier alpha value is -1.40. The monoisotopic (exact) mass is 332 g/mol. The number of aromatic nitrogens is 1. The number of ether oxygens (including phenoxy) is 1. The first-order valence-corrected chi connectivity index (χ1v) is 7.59. The maximum absolute atomic E-state index is 11.4. The molecule has 1 aliphatic heterocycles. The van der Waals surface area contributed by atoms with Crippen LogP contribution < -0.4 is 16.0 Å². The third-order valence-corrected chi connectivity index (χ3v) is 3.96. The van der Waals surface area contributed by atoms with E-state index in [9.17, 15) is 4.79 Å². The maximum atomic E-state index is 11.4. The van der Waals surface area contributed by atoms with Crippen LogP contribution in [0.25, 0.3) is 0 Å². The van der Waals surface area contributed by atoms with E-state index >= 15 is 0 Å². The topological polar surface area (TPSA) is 80.5 Å². The van der Waals surface area contributed by atoms with Gasteiger partial charge in [-0.05, 0) is 19.8 Å². The lowest BCUT2D eigenvalue weighted by molar-refractivity contribution is -0.140. The molecule has 1 aromatic heterocycles. The van der Waals surface area contributed by atoms with Crippen LogP contribution in [-0.4, -0.2) is 37.2 Å². The molecule has 8 heteroatoms. The number of nitrogen functional groups attached to an aromatic ring is 1. The molecule has 0 amide bonds. The van der Waals surface area contributed by atoms with Crippen molar-refractivity contribution in [2.24, 2.45) is 0 Å². The smallest absolute Gasteiger partial charge is 0.325 e. The fourth-order valence-corrected chi connectivity index (χ4v) is 2.68. The van der Waals surface area contributed by atoms with E-state index in [1.165, 1.54) is 0 Å². The Bertz CT molecular complexity index is 533. The second-order valence-corrected chi connectivity index (χ2v) is 5.43. The van der Waals surface area contributed by atoms with Gasteiger partial charge in [-0.25, -0.2) is 4.98 Å². The van der Waals surface area contributed by atoms with E-state index in [4.69, 9.17) is 33.7 Å². The van der Waals surface area contributed by atoms with Crippen LogP contribution in [-0.2, 0) is 9.53 Å². The van der Waals surface area contributed by atoms with E-state index in [1.54, 1.807) is 6.92 Å². The summed E-state index contributed by atoms with van der Waals surface area (Å²) in [6.45, 7) is 3.80. The predicted molar refractivity (Wildman–Crippen MR) is 85.2 cm³/mol. The number of anilines is 3. The van der Waals surface area contributed by atoms with E-state index in [1.807, 2.05) is 0 Å². The normalized spacial score (nSPS) is 14.3. The summed E-state index contributed by atoms with van der Waals surface area (Å²) in [5.41, 5.74) is 6.19. The molecular weight excluding hydrogens is 315 g/mol. The van der Waals surface area contributed by atoms with Crippen LogP contribution in [0, 0.1) is 0 Å². The number of hydrogen-bond donors (Lipinski definition) is 2. The molecule has 2 heterocycles. The summed E-state index contributed by atoms with van der Waals surface area (Å²) in [5.74, 6) is 0.558. The Kier molecular flexibility index (Phi) is 5.36. The Morgan fingerprint density at radius 1 is 1.38 bits per heavy atom. The first-order chi connectivity index (χ1) is 10.0.